The zero-order chi connectivity index (χ0) is 16.5. The molecule has 24 heavy (non-hydrogen) atoms. The lowest BCUT2D eigenvalue weighted by atomic mass is 10.0. The van der Waals surface area contributed by atoms with Gasteiger partial charge in [-0.3, -0.25) is 5.10 Å². The van der Waals surface area contributed by atoms with Gasteiger partial charge in [-0.1, -0.05) is 0 Å². The predicted molar refractivity (Wildman–Crippen MR) is 93.4 cm³/mol. The normalized spacial score (nSPS) is 14.6. The second-order valence-electron chi connectivity index (χ2n) is 5.62. The quantitative estimate of drug-likeness (QED) is 0.735. The highest BCUT2D eigenvalue weighted by atomic mass is 32.2. The first-order valence-electron chi connectivity index (χ1n) is 7.73. The number of fused-ring (bicyclic) bond motifs is 3. The second kappa shape index (κ2) is 6.33. The van der Waals surface area contributed by atoms with E-state index in [2.05, 4.69) is 25.6 Å². The van der Waals surface area contributed by atoms with Crippen LogP contribution in [0.4, 0.5) is 0 Å². The van der Waals surface area contributed by atoms with Crippen molar-refractivity contribution in [1.82, 2.24) is 19.5 Å². The van der Waals surface area contributed by atoms with Crippen LogP contribution in [0, 0.1) is 0 Å². The molecule has 1 aliphatic heterocycles. The van der Waals surface area contributed by atoms with E-state index in [0.717, 1.165) is 46.9 Å². The van der Waals surface area contributed by atoms with E-state index in [-0.39, 0.29) is 0 Å². The molecule has 1 aromatic carbocycles. The number of hydrogen-bond donors (Lipinski definition) is 1. The smallest absolute Gasteiger partial charge is 0.161 e. The van der Waals surface area contributed by atoms with Gasteiger partial charge in [-0.25, -0.2) is 9.29 Å². The van der Waals surface area contributed by atoms with Gasteiger partial charge in [0.15, 0.2) is 17.1 Å². The molecule has 4 rings (SSSR count). The van der Waals surface area contributed by atoms with Gasteiger partial charge in [0.1, 0.15) is 0 Å². The molecule has 0 saturated heterocycles. The molecule has 1 aliphatic rings. The summed E-state index contributed by atoms with van der Waals surface area (Å²) in [4.78, 5) is 5.59. The van der Waals surface area contributed by atoms with Crippen molar-refractivity contribution in [3.05, 3.63) is 41.7 Å². The Kier molecular flexibility index (Phi) is 4.03. The third-order valence-electron chi connectivity index (χ3n) is 4.23. The summed E-state index contributed by atoms with van der Waals surface area (Å²) in [6, 6.07) is 6.01. The van der Waals surface area contributed by atoms with Crippen LogP contribution < -0.4 is 9.47 Å². The summed E-state index contributed by atoms with van der Waals surface area (Å²) in [5.74, 6) is 1.50. The van der Waals surface area contributed by atoms with Gasteiger partial charge in [0, 0.05) is 29.6 Å². The Morgan fingerprint density at radius 3 is 2.88 bits per heavy atom. The molecule has 0 amide bonds. The van der Waals surface area contributed by atoms with Gasteiger partial charge >= 0.3 is 0 Å². The highest BCUT2D eigenvalue weighted by Gasteiger charge is 2.20. The maximum atomic E-state index is 5.38. The van der Waals surface area contributed by atoms with Crippen molar-refractivity contribution in [2.45, 2.75) is 17.9 Å². The average Bonchev–Trinajstić information content (AvgIpc) is 3.10. The number of H-pyrrole nitrogens is 1. The lowest BCUT2D eigenvalue weighted by molar-refractivity contribution is 0.354. The number of aromatic nitrogens is 3. The van der Waals surface area contributed by atoms with Crippen LogP contribution in [-0.2, 0) is 13.0 Å². The van der Waals surface area contributed by atoms with Crippen LogP contribution in [0.2, 0.25) is 0 Å². The molecular formula is C17H18N4O2S. The molecule has 2 aromatic heterocycles. The molecule has 3 heterocycles. The molecular weight excluding hydrogens is 324 g/mol. The molecule has 0 spiro atoms. The molecule has 6 nitrogen and oxygen atoms in total. The number of ether oxygens (including phenoxy) is 2. The van der Waals surface area contributed by atoms with E-state index in [1.54, 1.807) is 26.2 Å². The number of hydrogen-bond acceptors (Lipinski definition) is 6. The Hall–Kier alpha value is -2.25. The highest BCUT2D eigenvalue weighted by molar-refractivity contribution is 7.97. The van der Waals surface area contributed by atoms with Gasteiger partial charge in [-0.15, -0.1) is 0 Å². The van der Waals surface area contributed by atoms with Crippen LogP contribution in [0.1, 0.15) is 11.1 Å². The number of aromatic amines is 1. The maximum Gasteiger partial charge on any atom is 0.161 e. The molecule has 0 unspecified atom stereocenters. The maximum absolute atomic E-state index is 5.38. The summed E-state index contributed by atoms with van der Waals surface area (Å²) in [6.07, 6.45) is 4.82. The minimum atomic E-state index is 0.748. The summed E-state index contributed by atoms with van der Waals surface area (Å²) < 4.78 is 13.0. The lowest BCUT2D eigenvalue weighted by Gasteiger charge is -2.27. The first-order valence-corrected chi connectivity index (χ1v) is 8.50. The minimum absolute atomic E-state index is 0.748. The second-order valence-corrected chi connectivity index (χ2v) is 6.79. The fraction of sp³-hybridized carbons (Fsp3) is 0.294. The molecule has 1 N–H and O–H groups in total. The van der Waals surface area contributed by atoms with Gasteiger partial charge in [0.05, 0.1) is 20.4 Å². The first kappa shape index (κ1) is 15.3. The summed E-state index contributed by atoms with van der Waals surface area (Å²) in [5.41, 5.74) is 3.50. The zero-order valence-electron chi connectivity index (χ0n) is 13.6. The Bertz CT molecular complexity index is 880. The van der Waals surface area contributed by atoms with E-state index in [4.69, 9.17) is 9.47 Å². The first-order chi connectivity index (χ1) is 11.8. The van der Waals surface area contributed by atoms with Crippen molar-refractivity contribution in [3.63, 3.8) is 0 Å². The lowest BCUT2D eigenvalue weighted by Crippen LogP contribution is -2.24. The van der Waals surface area contributed by atoms with Gasteiger partial charge in [-0.2, -0.15) is 5.10 Å². The monoisotopic (exact) mass is 342 g/mol. The van der Waals surface area contributed by atoms with Crippen LogP contribution in [0.25, 0.3) is 11.0 Å². The van der Waals surface area contributed by atoms with E-state index in [1.807, 2.05) is 24.5 Å². The summed E-state index contributed by atoms with van der Waals surface area (Å²) in [5, 5.41) is 8.18. The third kappa shape index (κ3) is 2.70. The molecule has 0 aliphatic carbocycles. The Labute approximate surface area is 144 Å². The van der Waals surface area contributed by atoms with Gasteiger partial charge in [-0.05, 0) is 47.7 Å². The van der Waals surface area contributed by atoms with Gasteiger partial charge in [0.2, 0.25) is 0 Å². The van der Waals surface area contributed by atoms with Crippen molar-refractivity contribution in [2.75, 3.05) is 20.8 Å². The largest absolute Gasteiger partial charge is 0.493 e. The fourth-order valence-corrected chi connectivity index (χ4v) is 4.00. The molecule has 0 radical (unpaired) electrons. The highest BCUT2D eigenvalue weighted by Crippen LogP contribution is 2.35. The zero-order valence-corrected chi connectivity index (χ0v) is 14.4. The van der Waals surface area contributed by atoms with Gasteiger partial charge in [0.25, 0.3) is 0 Å². The third-order valence-corrected chi connectivity index (χ3v) is 5.26. The number of benzene rings is 1. The molecule has 0 saturated carbocycles. The fourth-order valence-electron chi connectivity index (χ4n) is 3.03. The predicted octanol–water partition coefficient (Wildman–Crippen LogP) is 3.04. The Morgan fingerprint density at radius 2 is 2.04 bits per heavy atom. The van der Waals surface area contributed by atoms with Crippen molar-refractivity contribution in [2.24, 2.45) is 0 Å². The topological polar surface area (TPSA) is 63.3 Å². The van der Waals surface area contributed by atoms with Crippen LogP contribution in [0.15, 0.2) is 35.5 Å². The van der Waals surface area contributed by atoms with Crippen molar-refractivity contribution >= 4 is 23.0 Å². The molecule has 0 bridgehead atoms. The summed E-state index contributed by atoms with van der Waals surface area (Å²) in [7, 11) is 3.31. The number of nitrogens with zero attached hydrogens (tertiary/aromatic N) is 3. The van der Waals surface area contributed by atoms with E-state index < -0.39 is 0 Å². The standard InChI is InChI=1S/C17H18N4O2S/c1-22-15-4-3-12(7-16(15)23-2)24-21-6-5-13-11(10-21)8-18-17-14(13)9-19-20-17/h3-4,7-9H,5-6,10H2,1-2H3,(H,18,19,20). The van der Waals surface area contributed by atoms with Crippen molar-refractivity contribution in [1.29, 1.82) is 0 Å². The van der Waals surface area contributed by atoms with E-state index in [0.29, 0.717) is 0 Å². The van der Waals surface area contributed by atoms with Gasteiger partial charge < -0.3 is 9.47 Å². The number of rotatable bonds is 4. The minimum Gasteiger partial charge on any atom is -0.493 e. The SMILES string of the molecule is COc1ccc(SN2CCc3c(cnc4[nH]ncc34)C2)cc1OC. The van der Waals surface area contributed by atoms with Crippen molar-refractivity contribution in [3.8, 4) is 11.5 Å². The van der Waals surface area contributed by atoms with Crippen LogP contribution >= 0.6 is 11.9 Å². The Balaban J connectivity index is 1.55. The van der Waals surface area contributed by atoms with E-state index >= 15 is 0 Å². The molecule has 124 valence electrons. The number of methoxy groups -OCH3 is 2. The molecule has 3 aromatic rings. The Morgan fingerprint density at radius 1 is 1.17 bits per heavy atom. The molecule has 0 fully saturated rings. The van der Waals surface area contributed by atoms with Crippen LogP contribution in [0.3, 0.4) is 0 Å². The van der Waals surface area contributed by atoms with Crippen LogP contribution in [-0.4, -0.2) is 40.3 Å². The number of pyridine rings is 1. The number of nitrogens with one attached hydrogen (secondary N) is 1. The summed E-state index contributed by atoms with van der Waals surface area (Å²) in [6.45, 7) is 1.85. The summed E-state index contributed by atoms with van der Waals surface area (Å²) >= 11 is 1.73. The van der Waals surface area contributed by atoms with Crippen LogP contribution in [0.5, 0.6) is 11.5 Å². The van der Waals surface area contributed by atoms with E-state index in [1.165, 1.54) is 11.1 Å². The molecule has 7 heteroatoms. The van der Waals surface area contributed by atoms with E-state index in [9.17, 15) is 0 Å². The average molecular weight is 342 g/mol. The van der Waals surface area contributed by atoms with Crippen molar-refractivity contribution < 1.29 is 9.47 Å². The molecule has 0 atom stereocenters.